The minimum atomic E-state index is 0.151. The van der Waals surface area contributed by atoms with Gasteiger partial charge in [-0.1, -0.05) is 30.3 Å². The average molecular weight is 180 g/mol. The van der Waals surface area contributed by atoms with Gasteiger partial charge in [0, 0.05) is 5.56 Å². The predicted octanol–water partition coefficient (Wildman–Crippen LogP) is 2.79. The lowest BCUT2D eigenvalue weighted by atomic mass is 10.2. The molecule has 0 saturated heterocycles. The van der Waals surface area contributed by atoms with Gasteiger partial charge in [0.05, 0.1) is 6.10 Å². The fourth-order valence-electron chi connectivity index (χ4n) is 0.856. The highest BCUT2D eigenvalue weighted by Crippen LogP contribution is 2.04. The molecule has 0 aromatic heterocycles. The van der Waals surface area contributed by atoms with Gasteiger partial charge < -0.3 is 4.74 Å². The smallest absolute Gasteiger partial charge is 0.191 e. The first-order valence-electron chi connectivity index (χ1n) is 3.96. The molecule has 0 aliphatic carbocycles. The quantitative estimate of drug-likeness (QED) is 0.647. The molecule has 0 amide bonds. The maximum Gasteiger partial charge on any atom is 0.191 e. The fraction of sp³-hybridized carbons (Fsp3) is 0.300. The fourth-order valence-corrected chi connectivity index (χ4v) is 1.18. The maximum atomic E-state index is 5.37. The van der Waals surface area contributed by atoms with E-state index in [1.165, 1.54) is 0 Å². The summed E-state index contributed by atoms with van der Waals surface area (Å²) in [7, 11) is 0. The van der Waals surface area contributed by atoms with E-state index in [0.29, 0.717) is 5.05 Å². The highest BCUT2D eigenvalue weighted by atomic mass is 32.1. The van der Waals surface area contributed by atoms with Crippen molar-refractivity contribution < 1.29 is 4.74 Å². The summed E-state index contributed by atoms with van der Waals surface area (Å²) in [5.41, 5.74) is 0.973. The standard InChI is InChI=1S/C10H12OS/c1-8(2)11-10(12)9-6-4-3-5-7-9/h3-8H,1-2H3. The van der Waals surface area contributed by atoms with Crippen LogP contribution in [0.2, 0.25) is 0 Å². The Bertz CT molecular complexity index is 254. The predicted molar refractivity (Wildman–Crippen MR) is 54.4 cm³/mol. The Balaban J connectivity index is 2.66. The third-order valence-electron chi connectivity index (χ3n) is 1.35. The molecular weight excluding hydrogens is 168 g/mol. The molecule has 0 radical (unpaired) electrons. The molecule has 1 aromatic carbocycles. The molecule has 2 heteroatoms. The molecule has 0 atom stereocenters. The van der Waals surface area contributed by atoms with Crippen molar-refractivity contribution in [3.63, 3.8) is 0 Å². The number of hydrogen-bond acceptors (Lipinski definition) is 2. The Morgan fingerprint density at radius 1 is 1.25 bits per heavy atom. The van der Waals surface area contributed by atoms with Crippen LogP contribution in [0.25, 0.3) is 0 Å². The summed E-state index contributed by atoms with van der Waals surface area (Å²) in [6.45, 7) is 3.94. The van der Waals surface area contributed by atoms with E-state index < -0.39 is 0 Å². The summed E-state index contributed by atoms with van der Waals surface area (Å²) in [6, 6.07) is 9.76. The minimum Gasteiger partial charge on any atom is -0.480 e. The van der Waals surface area contributed by atoms with Gasteiger partial charge in [-0.15, -0.1) is 0 Å². The Kier molecular flexibility index (Phi) is 3.23. The monoisotopic (exact) mass is 180 g/mol. The van der Waals surface area contributed by atoms with Crippen LogP contribution >= 0.6 is 12.2 Å². The SMILES string of the molecule is CC(C)OC(=S)c1ccccc1. The van der Waals surface area contributed by atoms with E-state index in [2.05, 4.69) is 0 Å². The van der Waals surface area contributed by atoms with Crippen LogP contribution in [-0.2, 0) is 4.74 Å². The van der Waals surface area contributed by atoms with E-state index >= 15 is 0 Å². The maximum absolute atomic E-state index is 5.37. The molecule has 1 rings (SSSR count). The summed E-state index contributed by atoms with van der Waals surface area (Å²) in [6.07, 6.45) is 0.151. The molecule has 0 aliphatic rings. The molecule has 64 valence electrons. The highest BCUT2D eigenvalue weighted by Gasteiger charge is 2.02. The van der Waals surface area contributed by atoms with E-state index in [4.69, 9.17) is 17.0 Å². The van der Waals surface area contributed by atoms with E-state index in [1.807, 2.05) is 44.2 Å². The lowest BCUT2D eigenvalue weighted by Gasteiger charge is -2.09. The lowest BCUT2D eigenvalue weighted by molar-refractivity contribution is 0.236. The molecule has 0 N–H and O–H groups in total. The molecule has 1 aromatic rings. The van der Waals surface area contributed by atoms with Crippen LogP contribution < -0.4 is 0 Å². The summed E-state index contributed by atoms with van der Waals surface area (Å²) >= 11 is 5.07. The zero-order chi connectivity index (χ0) is 8.97. The number of thiocarbonyl (C=S) groups is 1. The second-order valence-corrected chi connectivity index (χ2v) is 3.19. The van der Waals surface area contributed by atoms with Crippen LogP contribution in [0.15, 0.2) is 30.3 Å². The highest BCUT2D eigenvalue weighted by molar-refractivity contribution is 7.80. The van der Waals surface area contributed by atoms with E-state index in [1.54, 1.807) is 0 Å². The second kappa shape index (κ2) is 4.21. The van der Waals surface area contributed by atoms with Gasteiger partial charge in [-0.05, 0) is 26.1 Å². The number of rotatable bonds is 2. The van der Waals surface area contributed by atoms with Crippen LogP contribution in [0.5, 0.6) is 0 Å². The molecular formula is C10H12OS. The lowest BCUT2D eigenvalue weighted by Crippen LogP contribution is -2.10. The van der Waals surface area contributed by atoms with Gasteiger partial charge in [-0.2, -0.15) is 0 Å². The van der Waals surface area contributed by atoms with Gasteiger partial charge in [-0.3, -0.25) is 0 Å². The molecule has 0 aliphatic heterocycles. The minimum absolute atomic E-state index is 0.151. The van der Waals surface area contributed by atoms with Gasteiger partial charge in [0.15, 0.2) is 5.05 Å². The summed E-state index contributed by atoms with van der Waals surface area (Å²) in [5.74, 6) is 0. The molecule has 0 unspecified atom stereocenters. The van der Waals surface area contributed by atoms with Crippen molar-refractivity contribution in [2.75, 3.05) is 0 Å². The average Bonchev–Trinajstić information content (AvgIpc) is 2.05. The van der Waals surface area contributed by atoms with Crippen molar-refractivity contribution in [3.8, 4) is 0 Å². The van der Waals surface area contributed by atoms with Crippen molar-refractivity contribution in [1.29, 1.82) is 0 Å². The van der Waals surface area contributed by atoms with Crippen LogP contribution in [-0.4, -0.2) is 11.2 Å². The summed E-state index contributed by atoms with van der Waals surface area (Å²) < 4.78 is 5.37. The van der Waals surface area contributed by atoms with Gasteiger partial charge in [0.1, 0.15) is 0 Å². The van der Waals surface area contributed by atoms with E-state index in [0.717, 1.165) is 5.56 Å². The first-order valence-corrected chi connectivity index (χ1v) is 4.37. The van der Waals surface area contributed by atoms with Crippen LogP contribution in [0.4, 0.5) is 0 Å². The summed E-state index contributed by atoms with van der Waals surface area (Å²) in [5, 5.41) is 0.575. The summed E-state index contributed by atoms with van der Waals surface area (Å²) in [4.78, 5) is 0. The number of benzene rings is 1. The van der Waals surface area contributed by atoms with Crippen molar-refractivity contribution in [1.82, 2.24) is 0 Å². The zero-order valence-electron chi connectivity index (χ0n) is 7.28. The Morgan fingerprint density at radius 2 is 1.83 bits per heavy atom. The van der Waals surface area contributed by atoms with E-state index in [9.17, 15) is 0 Å². The van der Waals surface area contributed by atoms with Crippen LogP contribution in [0, 0.1) is 0 Å². The third kappa shape index (κ3) is 2.62. The Labute approximate surface area is 78.4 Å². The second-order valence-electron chi connectivity index (χ2n) is 2.82. The van der Waals surface area contributed by atoms with Gasteiger partial charge >= 0.3 is 0 Å². The first-order chi connectivity index (χ1) is 5.70. The zero-order valence-corrected chi connectivity index (χ0v) is 8.10. The molecule has 0 bridgehead atoms. The Hall–Kier alpha value is -0.890. The normalized spacial score (nSPS) is 9.92. The van der Waals surface area contributed by atoms with Crippen LogP contribution in [0.3, 0.4) is 0 Å². The molecule has 0 fully saturated rings. The first kappa shape index (κ1) is 9.20. The van der Waals surface area contributed by atoms with Gasteiger partial charge in [-0.25, -0.2) is 0 Å². The molecule has 0 spiro atoms. The van der Waals surface area contributed by atoms with Gasteiger partial charge in [0.25, 0.3) is 0 Å². The van der Waals surface area contributed by atoms with Crippen LogP contribution in [0.1, 0.15) is 19.4 Å². The Morgan fingerprint density at radius 3 is 2.33 bits per heavy atom. The molecule has 0 heterocycles. The number of ether oxygens (including phenoxy) is 1. The number of hydrogen-bond donors (Lipinski definition) is 0. The van der Waals surface area contributed by atoms with E-state index in [-0.39, 0.29) is 6.10 Å². The molecule has 12 heavy (non-hydrogen) atoms. The third-order valence-corrected chi connectivity index (χ3v) is 1.68. The molecule has 0 saturated carbocycles. The topological polar surface area (TPSA) is 9.23 Å². The van der Waals surface area contributed by atoms with Crippen molar-refractivity contribution in [2.24, 2.45) is 0 Å². The largest absolute Gasteiger partial charge is 0.480 e. The van der Waals surface area contributed by atoms with Crippen molar-refractivity contribution in [3.05, 3.63) is 35.9 Å². The van der Waals surface area contributed by atoms with Gasteiger partial charge in [0.2, 0.25) is 0 Å². The van der Waals surface area contributed by atoms with Crippen molar-refractivity contribution in [2.45, 2.75) is 20.0 Å². The van der Waals surface area contributed by atoms with Crippen molar-refractivity contribution >= 4 is 17.3 Å². The molecule has 1 nitrogen and oxygen atoms in total.